The molecule has 0 saturated carbocycles. The molecule has 0 saturated heterocycles. The average molecular weight is 333 g/mol. The van der Waals surface area contributed by atoms with E-state index in [1.807, 2.05) is 17.5 Å². The SMILES string of the molecule is Cc1cc(C(=O)NCCc2cccs2)cc(C)c1OCC(=O)O. The molecular formula is C17H19NO4S. The Kier molecular flexibility index (Phi) is 5.76. The van der Waals surface area contributed by atoms with Crippen molar-refractivity contribution < 1.29 is 19.4 Å². The second-order valence-corrected chi connectivity index (χ2v) is 6.24. The molecule has 2 N–H and O–H groups in total. The number of benzene rings is 1. The molecular weight excluding hydrogens is 314 g/mol. The van der Waals surface area contributed by atoms with Crippen LogP contribution in [0.5, 0.6) is 5.75 Å². The molecule has 122 valence electrons. The average Bonchev–Trinajstić information content (AvgIpc) is 2.99. The Morgan fingerprint density at radius 3 is 2.52 bits per heavy atom. The predicted molar refractivity (Wildman–Crippen MR) is 89.4 cm³/mol. The number of hydrogen-bond acceptors (Lipinski definition) is 4. The highest BCUT2D eigenvalue weighted by atomic mass is 32.1. The van der Waals surface area contributed by atoms with Gasteiger partial charge in [-0.2, -0.15) is 0 Å². The Bertz CT molecular complexity index is 672. The first-order valence-electron chi connectivity index (χ1n) is 7.24. The van der Waals surface area contributed by atoms with Gasteiger partial charge in [0.25, 0.3) is 5.91 Å². The minimum absolute atomic E-state index is 0.141. The number of nitrogens with one attached hydrogen (secondary N) is 1. The molecule has 2 aromatic rings. The normalized spacial score (nSPS) is 10.3. The zero-order valence-electron chi connectivity index (χ0n) is 13.1. The minimum atomic E-state index is -1.03. The summed E-state index contributed by atoms with van der Waals surface area (Å²) < 4.78 is 5.26. The van der Waals surface area contributed by atoms with Crippen molar-refractivity contribution in [1.82, 2.24) is 5.32 Å². The number of carbonyl (C=O) groups is 2. The molecule has 1 heterocycles. The highest BCUT2D eigenvalue weighted by molar-refractivity contribution is 7.09. The van der Waals surface area contributed by atoms with Crippen LogP contribution in [0, 0.1) is 13.8 Å². The van der Waals surface area contributed by atoms with Crippen LogP contribution in [0.3, 0.4) is 0 Å². The van der Waals surface area contributed by atoms with Gasteiger partial charge < -0.3 is 15.2 Å². The van der Waals surface area contributed by atoms with E-state index in [1.54, 1.807) is 37.3 Å². The quantitative estimate of drug-likeness (QED) is 0.817. The van der Waals surface area contributed by atoms with Crippen LogP contribution >= 0.6 is 11.3 Å². The maximum atomic E-state index is 12.2. The van der Waals surface area contributed by atoms with Gasteiger partial charge in [-0.3, -0.25) is 4.79 Å². The molecule has 2 rings (SSSR count). The van der Waals surface area contributed by atoms with Gasteiger partial charge in [-0.1, -0.05) is 6.07 Å². The van der Waals surface area contributed by atoms with Crippen LogP contribution in [0.15, 0.2) is 29.6 Å². The molecule has 6 heteroatoms. The number of carboxylic acid groups (broad SMARTS) is 1. The summed E-state index contributed by atoms with van der Waals surface area (Å²) in [6.07, 6.45) is 0.807. The first-order valence-corrected chi connectivity index (χ1v) is 8.11. The Morgan fingerprint density at radius 2 is 1.96 bits per heavy atom. The molecule has 0 radical (unpaired) electrons. The lowest BCUT2D eigenvalue weighted by atomic mass is 10.1. The summed E-state index contributed by atoms with van der Waals surface area (Å²) in [5.41, 5.74) is 2.04. The van der Waals surface area contributed by atoms with E-state index in [0.29, 0.717) is 17.9 Å². The van der Waals surface area contributed by atoms with Gasteiger partial charge in [-0.05, 0) is 55.0 Å². The van der Waals surface area contributed by atoms with E-state index in [-0.39, 0.29) is 5.91 Å². The summed E-state index contributed by atoms with van der Waals surface area (Å²) in [4.78, 5) is 24.0. The van der Waals surface area contributed by atoms with Crippen LogP contribution in [0.1, 0.15) is 26.4 Å². The van der Waals surface area contributed by atoms with Crippen LogP contribution < -0.4 is 10.1 Å². The lowest BCUT2D eigenvalue weighted by Gasteiger charge is -2.13. The van der Waals surface area contributed by atoms with E-state index in [2.05, 4.69) is 5.32 Å². The molecule has 0 atom stereocenters. The number of aryl methyl sites for hydroxylation is 2. The fourth-order valence-electron chi connectivity index (χ4n) is 2.30. The van der Waals surface area contributed by atoms with E-state index in [0.717, 1.165) is 17.5 Å². The Morgan fingerprint density at radius 1 is 1.26 bits per heavy atom. The lowest BCUT2D eigenvalue weighted by Crippen LogP contribution is -2.25. The zero-order chi connectivity index (χ0) is 16.8. The smallest absolute Gasteiger partial charge is 0.341 e. The zero-order valence-corrected chi connectivity index (χ0v) is 13.9. The lowest BCUT2D eigenvalue weighted by molar-refractivity contribution is -0.139. The molecule has 23 heavy (non-hydrogen) atoms. The van der Waals surface area contributed by atoms with Gasteiger partial charge in [-0.25, -0.2) is 4.79 Å². The Hall–Kier alpha value is -2.34. The van der Waals surface area contributed by atoms with Gasteiger partial charge in [-0.15, -0.1) is 11.3 Å². The Balaban J connectivity index is 1.98. The molecule has 0 aliphatic carbocycles. The standard InChI is InChI=1S/C17H19NO4S/c1-11-8-13(9-12(2)16(11)22-10-15(19)20)17(21)18-6-5-14-4-3-7-23-14/h3-4,7-9H,5-6,10H2,1-2H3,(H,18,21)(H,19,20). The van der Waals surface area contributed by atoms with Crippen LogP contribution in [0.4, 0.5) is 0 Å². The van der Waals surface area contributed by atoms with Crippen LogP contribution in [0.25, 0.3) is 0 Å². The number of rotatable bonds is 7. The first-order chi connectivity index (χ1) is 11.0. The number of aliphatic carboxylic acids is 1. The fraction of sp³-hybridized carbons (Fsp3) is 0.294. The summed E-state index contributed by atoms with van der Waals surface area (Å²) in [5.74, 6) is -0.653. The minimum Gasteiger partial charge on any atom is -0.481 e. The second kappa shape index (κ2) is 7.78. The Labute approximate surface area is 138 Å². The van der Waals surface area contributed by atoms with Crippen molar-refractivity contribution in [3.8, 4) is 5.75 Å². The van der Waals surface area contributed by atoms with Crippen LogP contribution in [-0.4, -0.2) is 30.1 Å². The van der Waals surface area contributed by atoms with Gasteiger partial charge in [0.05, 0.1) is 0 Å². The van der Waals surface area contributed by atoms with Gasteiger partial charge in [0.2, 0.25) is 0 Å². The molecule has 1 aromatic carbocycles. The molecule has 0 spiro atoms. The molecule has 0 aliphatic rings. The van der Waals surface area contributed by atoms with Gasteiger partial charge in [0, 0.05) is 17.0 Å². The number of hydrogen-bond donors (Lipinski definition) is 2. The van der Waals surface area contributed by atoms with E-state index in [4.69, 9.17) is 9.84 Å². The van der Waals surface area contributed by atoms with E-state index in [1.165, 1.54) is 4.88 Å². The van der Waals surface area contributed by atoms with Crippen molar-refractivity contribution in [1.29, 1.82) is 0 Å². The molecule has 0 unspecified atom stereocenters. The highest BCUT2D eigenvalue weighted by Gasteiger charge is 2.12. The highest BCUT2D eigenvalue weighted by Crippen LogP contribution is 2.24. The second-order valence-electron chi connectivity index (χ2n) is 5.21. The first kappa shape index (κ1) is 17.0. The van der Waals surface area contributed by atoms with E-state index in [9.17, 15) is 9.59 Å². The van der Waals surface area contributed by atoms with E-state index < -0.39 is 12.6 Å². The van der Waals surface area contributed by atoms with Crippen molar-refractivity contribution >= 4 is 23.2 Å². The number of thiophene rings is 1. The predicted octanol–water partition coefficient (Wildman–Crippen LogP) is 2.80. The number of carbonyl (C=O) groups excluding carboxylic acids is 1. The fourth-order valence-corrected chi connectivity index (χ4v) is 3.01. The van der Waals surface area contributed by atoms with Crippen LogP contribution in [-0.2, 0) is 11.2 Å². The molecule has 0 bridgehead atoms. The number of carboxylic acids is 1. The molecule has 0 aliphatic heterocycles. The molecule has 5 nitrogen and oxygen atoms in total. The maximum absolute atomic E-state index is 12.2. The largest absolute Gasteiger partial charge is 0.481 e. The monoisotopic (exact) mass is 333 g/mol. The molecule has 1 aromatic heterocycles. The van der Waals surface area contributed by atoms with Crippen molar-refractivity contribution in [3.05, 3.63) is 51.2 Å². The third-order valence-corrected chi connectivity index (χ3v) is 4.24. The topological polar surface area (TPSA) is 75.6 Å². The van der Waals surface area contributed by atoms with Crippen molar-refractivity contribution in [2.24, 2.45) is 0 Å². The molecule has 0 fully saturated rings. The third kappa shape index (κ3) is 4.82. The number of amides is 1. The maximum Gasteiger partial charge on any atom is 0.341 e. The number of ether oxygens (including phenoxy) is 1. The summed E-state index contributed by atoms with van der Waals surface area (Å²) in [6.45, 7) is 3.78. The summed E-state index contributed by atoms with van der Waals surface area (Å²) in [7, 11) is 0. The van der Waals surface area contributed by atoms with Crippen LogP contribution in [0.2, 0.25) is 0 Å². The van der Waals surface area contributed by atoms with Crippen molar-refractivity contribution in [3.63, 3.8) is 0 Å². The van der Waals surface area contributed by atoms with Gasteiger partial charge in [0.15, 0.2) is 6.61 Å². The third-order valence-electron chi connectivity index (χ3n) is 3.30. The van der Waals surface area contributed by atoms with Gasteiger partial charge in [0.1, 0.15) is 5.75 Å². The summed E-state index contributed by atoms with van der Waals surface area (Å²) in [5, 5.41) is 13.6. The molecule has 1 amide bonds. The van der Waals surface area contributed by atoms with Crippen molar-refractivity contribution in [2.45, 2.75) is 20.3 Å². The van der Waals surface area contributed by atoms with E-state index >= 15 is 0 Å². The summed E-state index contributed by atoms with van der Waals surface area (Å²) >= 11 is 1.67. The summed E-state index contributed by atoms with van der Waals surface area (Å²) in [6, 6.07) is 7.46. The van der Waals surface area contributed by atoms with Gasteiger partial charge >= 0.3 is 5.97 Å². The van der Waals surface area contributed by atoms with Crippen molar-refractivity contribution in [2.75, 3.05) is 13.2 Å².